The van der Waals surface area contributed by atoms with E-state index in [1.165, 1.54) is 33.4 Å². The Hall–Kier alpha value is -7.49. The monoisotopic (exact) mass is 716 g/mol. The summed E-state index contributed by atoms with van der Waals surface area (Å²) in [7, 11) is 0. The van der Waals surface area contributed by atoms with Gasteiger partial charge in [0.2, 0.25) is 5.89 Å². The fourth-order valence-electron chi connectivity index (χ4n) is 7.74. The van der Waals surface area contributed by atoms with Gasteiger partial charge in [-0.05, 0) is 99.1 Å². The maximum atomic E-state index is 6.61. The Morgan fingerprint density at radius 3 is 1.34 bits per heavy atom. The van der Waals surface area contributed by atoms with Crippen molar-refractivity contribution >= 4 is 38.9 Å². The Kier molecular flexibility index (Phi) is 8.51. The van der Waals surface area contributed by atoms with E-state index < -0.39 is 0 Å². The van der Waals surface area contributed by atoms with E-state index in [1.54, 1.807) is 0 Å². The Morgan fingerprint density at radius 2 is 0.768 bits per heavy atom. The molecule has 3 heteroatoms. The van der Waals surface area contributed by atoms with Crippen molar-refractivity contribution in [3.63, 3.8) is 0 Å². The van der Waals surface area contributed by atoms with Crippen LogP contribution in [0.2, 0.25) is 0 Å². The molecule has 0 aliphatic rings. The van der Waals surface area contributed by atoms with Crippen molar-refractivity contribution < 1.29 is 4.42 Å². The molecule has 0 unspecified atom stereocenters. The molecule has 0 atom stereocenters. The molecule has 10 aromatic rings. The van der Waals surface area contributed by atoms with Gasteiger partial charge in [0.05, 0.1) is 5.69 Å². The van der Waals surface area contributed by atoms with Gasteiger partial charge in [0.1, 0.15) is 5.52 Å². The molecule has 1 heterocycles. The molecule has 10 rings (SSSR count). The molecule has 3 nitrogen and oxygen atoms in total. The molecule has 0 amide bonds. The highest BCUT2D eigenvalue weighted by molar-refractivity contribution is 6.10. The first-order valence-electron chi connectivity index (χ1n) is 19.0. The predicted molar refractivity (Wildman–Crippen MR) is 233 cm³/mol. The van der Waals surface area contributed by atoms with Crippen LogP contribution in [0, 0.1) is 0 Å². The molecule has 264 valence electrons. The lowest BCUT2D eigenvalue weighted by molar-refractivity contribution is 0.623. The van der Waals surface area contributed by atoms with Crippen molar-refractivity contribution in [2.75, 3.05) is 4.90 Å². The van der Waals surface area contributed by atoms with Crippen molar-refractivity contribution in [3.8, 4) is 56.0 Å². The Balaban J connectivity index is 1.07. The molecule has 56 heavy (non-hydrogen) atoms. The van der Waals surface area contributed by atoms with Crippen LogP contribution in [0.4, 0.5) is 17.1 Å². The van der Waals surface area contributed by atoms with E-state index >= 15 is 0 Å². The molecule has 0 bridgehead atoms. The highest BCUT2D eigenvalue weighted by Gasteiger charge is 2.19. The number of hydrogen-bond acceptors (Lipinski definition) is 3. The van der Waals surface area contributed by atoms with Gasteiger partial charge in [0.25, 0.3) is 0 Å². The maximum Gasteiger partial charge on any atom is 0.227 e. The highest BCUT2D eigenvalue weighted by atomic mass is 16.3. The van der Waals surface area contributed by atoms with E-state index in [0.717, 1.165) is 55.6 Å². The van der Waals surface area contributed by atoms with Crippen LogP contribution in [0.5, 0.6) is 0 Å². The number of fused-ring (bicyclic) bond motifs is 3. The molecule has 1 aromatic heterocycles. The first-order valence-corrected chi connectivity index (χ1v) is 19.0. The molecule has 0 aliphatic carbocycles. The SMILES string of the molecule is c1ccc(-c2ccc(-c3nc4ccc5c(N(c6ccc(-c7ccccc7)cc6)c6ccc(-c7ccccc7-c7ccccc7)cc6)cccc5c4o3)cc2)cc1. The second kappa shape index (κ2) is 14.4. The topological polar surface area (TPSA) is 29.3 Å². The van der Waals surface area contributed by atoms with Crippen LogP contribution in [0.15, 0.2) is 223 Å². The van der Waals surface area contributed by atoms with Crippen molar-refractivity contribution in [1.29, 1.82) is 0 Å². The number of rotatable bonds is 8. The van der Waals surface area contributed by atoms with Gasteiger partial charge >= 0.3 is 0 Å². The molecule has 0 aliphatic heterocycles. The number of aromatic nitrogens is 1. The van der Waals surface area contributed by atoms with Crippen molar-refractivity contribution in [2.24, 2.45) is 0 Å². The van der Waals surface area contributed by atoms with Crippen LogP contribution in [-0.4, -0.2) is 4.98 Å². The van der Waals surface area contributed by atoms with E-state index in [-0.39, 0.29) is 0 Å². The van der Waals surface area contributed by atoms with Crippen LogP contribution in [-0.2, 0) is 0 Å². The lowest BCUT2D eigenvalue weighted by atomic mass is 9.94. The van der Waals surface area contributed by atoms with E-state index in [2.05, 4.69) is 217 Å². The van der Waals surface area contributed by atoms with Crippen LogP contribution in [0.25, 0.3) is 77.8 Å². The van der Waals surface area contributed by atoms with Gasteiger partial charge in [-0.2, -0.15) is 0 Å². The summed E-state index contributed by atoms with van der Waals surface area (Å²) in [5.41, 5.74) is 15.2. The third-order valence-corrected chi connectivity index (χ3v) is 10.5. The lowest BCUT2D eigenvalue weighted by Crippen LogP contribution is -2.10. The van der Waals surface area contributed by atoms with Gasteiger partial charge < -0.3 is 9.32 Å². The summed E-state index contributed by atoms with van der Waals surface area (Å²) in [6, 6.07) is 77.0. The summed E-state index contributed by atoms with van der Waals surface area (Å²) in [6.45, 7) is 0. The number of hydrogen-bond donors (Lipinski definition) is 0. The van der Waals surface area contributed by atoms with Crippen molar-refractivity contribution in [1.82, 2.24) is 4.98 Å². The summed E-state index contributed by atoms with van der Waals surface area (Å²) in [6.07, 6.45) is 0. The fourth-order valence-corrected chi connectivity index (χ4v) is 7.74. The van der Waals surface area contributed by atoms with Crippen LogP contribution >= 0.6 is 0 Å². The molecule has 9 aromatic carbocycles. The van der Waals surface area contributed by atoms with Gasteiger partial charge in [0.15, 0.2) is 5.58 Å². The van der Waals surface area contributed by atoms with Crippen LogP contribution in [0.3, 0.4) is 0 Å². The van der Waals surface area contributed by atoms with Gasteiger partial charge in [-0.3, -0.25) is 0 Å². The largest absolute Gasteiger partial charge is 0.435 e. The molecule has 0 saturated carbocycles. The van der Waals surface area contributed by atoms with E-state index in [0.29, 0.717) is 5.89 Å². The third kappa shape index (κ3) is 6.21. The minimum atomic E-state index is 0.609. The van der Waals surface area contributed by atoms with Gasteiger partial charge in [-0.25, -0.2) is 4.98 Å². The summed E-state index contributed by atoms with van der Waals surface area (Å²) < 4.78 is 6.61. The Bertz CT molecular complexity index is 2920. The summed E-state index contributed by atoms with van der Waals surface area (Å²) in [4.78, 5) is 7.29. The second-order valence-corrected chi connectivity index (χ2v) is 14.0. The predicted octanol–water partition coefficient (Wildman–Crippen LogP) is 14.8. The standard InChI is InChI=1S/C53H36N2O/c1-4-13-37(14-5-1)39-23-25-43(26-24-39)53-54-50-36-35-48-49(52(50)56-53)21-12-22-51(48)55(44-31-27-40(28-32-44)38-15-6-2-7-16-38)45-33-29-42(30-34-45)47-20-11-10-19-46(47)41-17-8-3-9-18-41/h1-36H. The first kappa shape index (κ1) is 33.1. The molecule has 0 spiro atoms. The molecular formula is C53H36N2O. The zero-order chi connectivity index (χ0) is 37.3. The van der Waals surface area contributed by atoms with Crippen molar-refractivity contribution in [2.45, 2.75) is 0 Å². The van der Waals surface area contributed by atoms with Gasteiger partial charge in [-0.15, -0.1) is 0 Å². The normalized spacial score (nSPS) is 11.2. The summed E-state index contributed by atoms with van der Waals surface area (Å²) in [5.74, 6) is 0.609. The number of benzene rings is 9. The first-order chi connectivity index (χ1) is 27.8. The molecular weight excluding hydrogens is 681 g/mol. The lowest BCUT2D eigenvalue weighted by Gasteiger charge is -2.27. The summed E-state index contributed by atoms with van der Waals surface area (Å²) in [5, 5.41) is 2.09. The summed E-state index contributed by atoms with van der Waals surface area (Å²) >= 11 is 0. The minimum Gasteiger partial charge on any atom is -0.435 e. The van der Waals surface area contributed by atoms with Gasteiger partial charge in [0, 0.05) is 27.7 Å². The average molecular weight is 717 g/mol. The zero-order valence-electron chi connectivity index (χ0n) is 30.6. The quantitative estimate of drug-likeness (QED) is 0.157. The number of oxazole rings is 1. The molecule has 0 radical (unpaired) electrons. The zero-order valence-corrected chi connectivity index (χ0v) is 30.6. The second-order valence-electron chi connectivity index (χ2n) is 14.0. The van der Waals surface area contributed by atoms with E-state index in [1.807, 2.05) is 6.07 Å². The smallest absolute Gasteiger partial charge is 0.227 e. The Labute approximate surface area is 326 Å². The number of anilines is 3. The van der Waals surface area contributed by atoms with Crippen LogP contribution < -0.4 is 4.90 Å². The third-order valence-electron chi connectivity index (χ3n) is 10.5. The van der Waals surface area contributed by atoms with Crippen molar-refractivity contribution in [3.05, 3.63) is 218 Å². The minimum absolute atomic E-state index is 0.609. The van der Waals surface area contributed by atoms with Crippen LogP contribution in [0.1, 0.15) is 0 Å². The Morgan fingerprint density at radius 1 is 0.321 bits per heavy atom. The molecule has 0 fully saturated rings. The average Bonchev–Trinajstić information content (AvgIpc) is 3.73. The fraction of sp³-hybridized carbons (Fsp3) is 0. The van der Waals surface area contributed by atoms with Gasteiger partial charge in [-0.1, -0.05) is 164 Å². The molecule has 0 saturated heterocycles. The molecule has 0 N–H and O–H groups in total. The number of nitrogens with zero attached hydrogens (tertiary/aromatic N) is 2. The highest BCUT2D eigenvalue weighted by Crippen LogP contribution is 2.43. The maximum absolute atomic E-state index is 6.61. The van der Waals surface area contributed by atoms with E-state index in [4.69, 9.17) is 9.40 Å². The van der Waals surface area contributed by atoms with E-state index in [9.17, 15) is 0 Å².